The van der Waals surface area contributed by atoms with Crippen molar-refractivity contribution in [2.75, 3.05) is 32.6 Å². The Morgan fingerprint density at radius 1 is 1.34 bits per heavy atom. The normalized spacial score (nSPS) is 13.7. The molecule has 2 N–H and O–H groups in total. The van der Waals surface area contributed by atoms with E-state index >= 15 is 0 Å². The van der Waals surface area contributed by atoms with Gasteiger partial charge in [0.2, 0.25) is 0 Å². The summed E-state index contributed by atoms with van der Waals surface area (Å²) in [4.78, 5) is 27.3. The summed E-state index contributed by atoms with van der Waals surface area (Å²) in [5, 5.41) is 10.7. The van der Waals surface area contributed by atoms with Crippen LogP contribution >= 0.6 is 0 Å². The van der Waals surface area contributed by atoms with Crippen molar-refractivity contribution in [3.63, 3.8) is 0 Å². The number of aryl methyl sites for hydroxylation is 2. The first kappa shape index (κ1) is 19.2. The van der Waals surface area contributed by atoms with E-state index in [2.05, 4.69) is 15.5 Å². The number of carbonyl (C=O) groups is 2. The van der Waals surface area contributed by atoms with Crippen molar-refractivity contribution in [3.8, 4) is 5.75 Å². The Labute approximate surface area is 168 Å². The molecular weight excluding hydrogens is 372 g/mol. The summed E-state index contributed by atoms with van der Waals surface area (Å²) in [6, 6.07) is 5.54. The van der Waals surface area contributed by atoms with E-state index in [0.29, 0.717) is 47.9 Å². The third kappa shape index (κ3) is 3.75. The van der Waals surface area contributed by atoms with Crippen LogP contribution in [0.5, 0.6) is 5.75 Å². The van der Waals surface area contributed by atoms with E-state index in [0.717, 1.165) is 29.6 Å². The van der Waals surface area contributed by atoms with Crippen molar-refractivity contribution >= 4 is 28.4 Å². The summed E-state index contributed by atoms with van der Waals surface area (Å²) in [6.45, 7) is 3.10. The number of carbonyl (C=O) groups excluding carboxylic acids is 2. The number of hydrogen-bond donors (Lipinski definition) is 2. The number of nitrogens with one attached hydrogen (secondary N) is 2. The number of hydrogen-bond acceptors (Lipinski definition) is 6. The fourth-order valence-electron chi connectivity index (χ4n) is 3.58. The maximum Gasteiger partial charge on any atom is 0.261 e. The van der Waals surface area contributed by atoms with Crippen LogP contribution in [0, 0.1) is 6.92 Å². The Bertz CT molecular complexity index is 1080. The first-order valence-electron chi connectivity index (χ1n) is 9.66. The molecule has 3 aromatic rings. The molecule has 0 aliphatic heterocycles. The fraction of sp³-hybridized carbons (Fsp3) is 0.381. The van der Waals surface area contributed by atoms with Crippen LogP contribution in [0.4, 0.5) is 5.82 Å². The minimum Gasteiger partial charge on any atom is -0.492 e. The van der Waals surface area contributed by atoms with Gasteiger partial charge in [0.15, 0.2) is 11.6 Å². The average Bonchev–Trinajstić information content (AvgIpc) is 3.22. The second-order valence-corrected chi connectivity index (χ2v) is 7.49. The van der Waals surface area contributed by atoms with Crippen molar-refractivity contribution in [2.24, 2.45) is 0 Å². The first-order valence-corrected chi connectivity index (χ1v) is 9.66. The molecular formula is C21H24N4O4. The molecule has 1 amide bonds. The Kier molecular flexibility index (Phi) is 5.10. The molecule has 0 saturated carbocycles. The highest BCUT2D eigenvalue weighted by molar-refractivity contribution is 6.15. The van der Waals surface area contributed by atoms with Gasteiger partial charge in [-0.1, -0.05) is 0 Å². The van der Waals surface area contributed by atoms with Crippen LogP contribution in [0.25, 0.3) is 10.9 Å². The minimum atomic E-state index is -0.387. The smallest absolute Gasteiger partial charge is 0.261 e. The number of benzene rings is 1. The van der Waals surface area contributed by atoms with Crippen LogP contribution in [0.2, 0.25) is 0 Å². The van der Waals surface area contributed by atoms with Crippen molar-refractivity contribution in [1.29, 1.82) is 0 Å². The van der Waals surface area contributed by atoms with Crippen LogP contribution in [-0.4, -0.2) is 54.0 Å². The number of aromatic nitrogens is 2. The fourth-order valence-corrected chi connectivity index (χ4v) is 3.58. The number of aromatic amines is 1. The van der Waals surface area contributed by atoms with Gasteiger partial charge in [-0.2, -0.15) is 5.10 Å². The summed E-state index contributed by atoms with van der Waals surface area (Å²) in [5.74, 6) is 1.77. The van der Waals surface area contributed by atoms with Gasteiger partial charge < -0.3 is 19.4 Å². The summed E-state index contributed by atoms with van der Waals surface area (Å²) in [7, 11) is 3.98. The molecule has 8 heteroatoms. The van der Waals surface area contributed by atoms with E-state index in [1.807, 2.05) is 37.2 Å². The van der Waals surface area contributed by atoms with Crippen molar-refractivity contribution in [3.05, 3.63) is 40.8 Å². The standard InChI is InChI=1S/C21H24N4O4/c1-12-18(19-16(26)5-4-6-17(19)29-12)21(27)22-20-14-8-7-13(11-15(14)23-24-20)28-10-9-25(2)3/h7-8,11H,4-6,9-10H2,1-3H3,(H2,22,23,24,27). The third-order valence-corrected chi connectivity index (χ3v) is 5.04. The number of fused-ring (bicyclic) bond motifs is 2. The lowest BCUT2D eigenvalue weighted by Gasteiger charge is -2.11. The van der Waals surface area contributed by atoms with E-state index in [-0.39, 0.29) is 11.7 Å². The lowest BCUT2D eigenvalue weighted by molar-refractivity contribution is 0.0955. The van der Waals surface area contributed by atoms with Gasteiger partial charge in [0.25, 0.3) is 5.91 Å². The van der Waals surface area contributed by atoms with E-state index < -0.39 is 0 Å². The Morgan fingerprint density at radius 2 is 2.17 bits per heavy atom. The van der Waals surface area contributed by atoms with Gasteiger partial charge in [0, 0.05) is 30.8 Å². The molecule has 2 heterocycles. The molecule has 1 aromatic carbocycles. The number of rotatable bonds is 6. The van der Waals surface area contributed by atoms with Gasteiger partial charge in [0.1, 0.15) is 23.9 Å². The topological polar surface area (TPSA) is 100 Å². The number of nitrogens with zero attached hydrogens (tertiary/aromatic N) is 2. The van der Waals surface area contributed by atoms with Gasteiger partial charge >= 0.3 is 0 Å². The zero-order valence-electron chi connectivity index (χ0n) is 16.8. The molecule has 152 valence electrons. The van der Waals surface area contributed by atoms with Crippen LogP contribution in [0.15, 0.2) is 22.6 Å². The molecule has 0 spiro atoms. The van der Waals surface area contributed by atoms with Crippen LogP contribution in [0.3, 0.4) is 0 Å². The number of likely N-dealkylation sites (N-methyl/N-ethyl adjacent to an activating group) is 1. The van der Waals surface area contributed by atoms with Gasteiger partial charge in [-0.3, -0.25) is 14.7 Å². The molecule has 0 radical (unpaired) electrons. The molecule has 0 fully saturated rings. The van der Waals surface area contributed by atoms with E-state index in [4.69, 9.17) is 9.15 Å². The minimum absolute atomic E-state index is 0.0420. The van der Waals surface area contributed by atoms with Crippen molar-refractivity contribution in [2.45, 2.75) is 26.2 Å². The number of Topliss-reactive ketones (excluding diaryl/α,β-unsaturated/α-hetero) is 1. The summed E-state index contributed by atoms with van der Waals surface area (Å²) >= 11 is 0. The average molecular weight is 396 g/mol. The number of ether oxygens (including phenoxy) is 1. The quantitative estimate of drug-likeness (QED) is 0.664. The lowest BCUT2D eigenvalue weighted by atomic mass is 9.93. The lowest BCUT2D eigenvalue weighted by Crippen LogP contribution is -2.19. The first-order chi connectivity index (χ1) is 13.9. The Balaban J connectivity index is 1.55. The van der Waals surface area contributed by atoms with E-state index in [1.165, 1.54) is 0 Å². The highest BCUT2D eigenvalue weighted by Gasteiger charge is 2.30. The van der Waals surface area contributed by atoms with Gasteiger partial charge in [-0.25, -0.2) is 0 Å². The highest BCUT2D eigenvalue weighted by Crippen LogP contribution is 2.31. The SMILES string of the molecule is Cc1oc2c(c1C(=O)Nc1n[nH]c3cc(OCCN(C)C)ccc13)C(=O)CCC2. The van der Waals surface area contributed by atoms with Crippen LogP contribution in [0.1, 0.15) is 45.1 Å². The Morgan fingerprint density at radius 3 is 2.97 bits per heavy atom. The van der Waals surface area contributed by atoms with E-state index in [9.17, 15) is 9.59 Å². The van der Waals surface area contributed by atoms with Gasteiger partial charge in [0.05, 0.1) is 16.6 Å². The summed E-state index contributed by atoms with van der Waals surface area (Å²) in [5.41, 5.74) is 1.48. The molecule has 0 atom stereocenters. The molecule has 0 unspecified atom stereocenters. The molecule has 1 aliphatic rings. The second kappa shape index (κ2) is 7.71. The molecule has 8 nitrogen and oxygen atoms in total. The molecule has 29 heavy (non-hydrogen) atoms. The largest absolute Gasteiger partial charge is 0.492 e. The monoisotopic (exact) mass is 396 g/mol. The molecule has 2 aromatic heterocycles. The summed E-state index contributed by atoms with van der Waals surface area (Å²) < 4.78 is 11.4. The van der Waals surface area contributed by atoms with Crippen LogP contribution < -0.4 is 10.1 Å². The van der Waals surface area contributed by atoms with E-state index in [1.54, 1.807) is 6.92 Å². The highest BCUT2D eigenvalue weighted by atomic mass is 16.5. The molecule has 4 rings (SSSR count). The van der Waals surface area contributed by atoms with Crippen LogP contribution in [-0.2, 0) is 6.42 Å². The third-order valence-electron chi connectivity index (χ3n) is 5.04. The van der Waals surface area contributed by atoms with Crippen molar-refractivity contribution < 1.29 is 18.7 Å². The predicted octanol–water partition coefficient (Wildman–Crippen LogP) is 3.18. The Hall–Kier alpha value is -3.13. The maximum atomic E-state index is 12.9. The number of amides is 1. The molecule has 0 bridgehead atoms. The predicted molar refractivity (Wildman–Crippen MR) is 109 cm³/mol. The molecule has 1 aliphatic carbocycles. The maximum absolute atomic E-state index is 12.9. The number of H-pyrrole nitrogens is 1. The molecule has 0 saturated heterocycles. The van der Waals surface area contributed by atoms with Gasteiger partial charge in [-0.05, 0) is 39.6 Å². The number of ketones is 1. The second-order valence-electron chi connectivity index (χ2n) is 7.49. The number of anilines is 1. The van der Waals surface area contributed by atoms with Crippen molar-refractivity contribution in [1.82, 2.24) is 15.1 Å². The zero-order valence-corrected chi connectivity index (χ0v) is 16.8. The number of furan rings is 1. The zero-order chi connectivity index (χ0) is 20.5. The van der Waals surface area contributed by atoms with Gasteiger partial charge in [-0.15, -0.1) is 0 Å². The summed E-state index contributed by atoms with van der Waals surface area (Å²) in [6.07, 6.45) is 1.87.